The van der Waals surface area contributed by atoms with Crippen LogP contribution in [-0.4, -0.2) is 4.57 Å². The van der Waals surface area contributed by atoms with Gasteiger partial charge in [0, 0.05) is 18.3 Å². The van der Waals surface area contributed by atoms with Gasteiger partial charge in [0.15, 0.2) is 0 Å². The van der Waals surface area contributed by atoms with Crippen LogP contribution >= 0.6 is 0 Å². The maximum Gasteiger partial charge on any atom is 0.258 e. The fraction of sp³-hybridized carbons (Fsp3) is 0.300. The Balaban J connectivity index is 2.32. The standard InChI is InChI=1S/C20H20FN3O2/c1-3-6-14-10-16-18(20(25)24(14)4-2)17(15(11-22)19(23)26-16)12-7-5-8-13(21)9-12/h5,7-10,17H,3-4,6,23H2,1-2H3. The number of fused-ring (bicyclic) bond motifs is 1. The van der Waals surface area contributed by atoms with Crippen LogP contribution in [0.4, 0.5) is 4.39 Å². The van der Waals surface area contributed by atoms with Crippen molar-refractivity contribution in [2.75, 3.05) is 0 Å². The molecular formula is C20H20FN3O2. The summed E-state index contributed by atoms with van der Waals surface area (Å²) in [5.74, 6) is -0.899. The number of allylic oxidation sites excluding steroid dienone is 1. The molecule has 6 heteroatoms. The Hall–Kier alpha value is -3.07. The lowest BCUT2D eigenvalue weighted by atomic mass is 9.84. The number of rotatable bonds is 4. The smallest absolute Gasteiger partial charge is 0.258 e. The lowest BCUT2D eigenvalue weighted by Gasteiger charge is -2.27. The molecule has 2 N–H and O–H groups in total. The highest BCUT2D eigenvalue weighted by molar-refractivity contribution is 5.55. The summed E-state index contributed by atoms with van der Waals surface area (Å²) in [5.41, 5.74) is 7.50. The molecule has 26 heavy (non-hydrogen) atoms. The number of aromatic nitrogens is 1. The first-order valence-electron chi connectivity index (χ1n) is 8.61. The minimum absolute atomic E-state index is 0.0506. The average Bonchev–Trinajstić information content (AvgIpc) is 2.61. The average molecular weight is 353 g/mol. The first-order chi connectivity index (χ1) is 12.5. The Labute approximate surface area is 151 Å². The van der Waals surface area contributed by atoms with Crippen molar-refractivity contribution in [2.24, 2.45) is 5.73 Å². The summed E-state index contributed by atoms with van der Waals surface area (Å²) >= 11 is 0. The van der Waals surface area contributed by atoms with E-state index in [2.05, 4.69) is 0 Å². The van der Waals surface area contributed by atoms with Crippen LogP contribution in [0.2, 0.25) is 0 Å². The van der Waals surface area contributed by atoms with Crippen LogP contribution in [0.3, 0.4) is 0 Å². The Morgan fingerprint density at radius 3 is 2.73 bits per heavy atom. The van der Waals surface area contributed by atoms with Gasteiger partial charge in [0.2, 0.25) is 5.88 Å². The topological polar surface area (TPSA) is 81.0 Å². The molecule has 0 spiro atoms. The molecule has 1 aliphatic heterocycles. The van der Waals surface area contributed by atoms with E-state index in [0.717, 1.165) is 18.5 Å². The van der Waals surface area contributed by atoms with Gasteiger partial charge in [0.25, 0.3) is 5.56 Å². The fourth-order valence-electron chi connectivity index (χ4n) is 3.45. The van der Waals surface area contributed by atoms with Crippen LogP contribution in [0.1, 0.15) is 43.0 Å². The zero-order valence-electron chi connectivity index (χ0n) is 14.8. The summed E-state index contributed by atoms with van der Waals surface area (Å²) < 4.78 is 21.1. The normalized spacial score (nSPS) is 16.0. The molecular weight excluding hydrogens is 333 g/mol. The van der Waals surface area contributed by atoms with E-state index >= 15 is 0 Å². The molecule has 2 aromatic rings. The van der Waals surface area contributed by atoms with E-state index in [-0.39, 0.29) is 17.0 Å². The van der Waals surface area contributed by atoms with Crippen LogP contribution in [0.5, 0.6) is 5.75 Å². The van der Waals surface area contributed by atoms with Crippen molar-refractivity contribution >= 4 is 0 Å². The highest BCUT2D eigenvalue weighted by atomic mass is 19.1. The summed E-state index contributed by atoms with van der Waals surface area (Å²) in [7, 11) is 0. The maximum absolute atomic E-state index is 13.8. The van der Waals surface area contributed by atoms with Crippen molar-refractivity contribution in [3.8, 4) is 11.8 Å². The number of hydrogen-bond acceptors (Lipinski definition) is 4. The first-order valence-corrected chi connectivity index (χ1v) is 8.61. The summed E-state index contributed by atoms with van der Waals surface area (Å²) in [6.07, 6.45) is 1.60. The van der Waals surface area contributed by atoms with E-state index in [1.54, 1.807) is 22.8 Å². The molecule has 0 bridgehead atoms. The third kappa shape index (κ3) is 2.86. The van der Waals surface area contributed by atoms with Crippen molar-refractivity contribution in [1.82, 2.24) is 4.57 Å². The molecule has 0 radical (unpaired) electrons. The van der Waals surface area contributed by atoms with Crippen molar-refractivity contribution in [3.05, 3.63) is 74.8 Å². The van der Waals surface area contributed by atoms with E-state index < -0.39 is 11.7 Å². The molecule has 0 saturated carbocycles. The number of nitriles is 1. The molecule has 0 saturated heterocycles. The van der Waals surface area contributed by atoms with Gasteiger partial charge in [0.05, 0.1) is 11.5 Å². The Kier molecular flexibility index (Phi) is 4.81. The largest absolute Gasteiger partial charge is 0.440 e. The van der Waals surface area contributed by atoms with E-state index in [9.17, 15) is 14.4 Å². The Morgan fingerprint density at radius 2 is 2.12 bits per heavy atom. The molecule has 1 unspecified atom stereocenters. The number of hydrogen-bond donors (Lipinski definition) is 1. The monoisotopic (exact) mass is 353 g/mol. The van der Waals surface area contributed by atoms with Crippen molar-refractivity contribution in [3.63, 3.8) is 0 Å². The second kappa shape index (κ2) is 7.04. The maximum atomic E-state index is 13.8. The summed E-state index contributed by atoms with van der Waals surface area (Å²) in [4.78, 5) is 13.2. The zero-order valence-corrected chi connectivity index (χ0v) is 14.8. The quantitative estimate of drug-likeness (QED) is 0.915. The van der Waals surface area contributed by atoms with E-state index in [4.69, 9.17) is 10.5 Å². The van der Waals surface area contributed by atoms with Crippen molar-refractivity contribution in [1.29, 1.82) is 5.26 Å². The van der Waals surface area contributed by atoms with Gasteiger partial charge in [-0.25, -0.2) is 4.39 Å². The predicted molar refractivity (Wildman–Crippen MR) is 96.1 cm³/mol. The van der Waals surface area contributed by atoms with Gasteiger partial charge in [-0.1, -0.05) is 25.5 Å². The molecule has 1 aromatic heterocycles. The van der Waals surface area contributed by atoms with Crippen molar-refractivity contribution in [2.45, 2.75) is 39.2 Å². The third-order valence-corrected chi connectivity index (χ3v) is 4.57. The number of ether oxygens (including phenoxy) is 1. The van der Waals surface area contributed by atoms with Crippen LogP contribution in [0.15, 0.2) is 46.6 Å². The summed E-state index contributed by atoms with van der Waals surface area (Å²) in [6.45, 7) is 4.42. The Bertz CT molecular complexity index is 986. The predicted octanol–water partition coefficient (Wildman–Crippen LogP) is 3.18. The highest BCUT2D eigenvalue weighted by Gasteiger charge is 2.34. The summed E-state index contributed by atoms with van der Waals surface area (Å²) in [5, 5.41) is 9.57. The molecule has 1 aromatic carbocycles. The van der Waals surface area contributed by atoms with Gasteiger partial charge in [-0.2, -0.15) is 5.26 Å². The second-order valence-corrected chi connectivity index (χ2v) is 6.19. The van der Waals surface area contributed by atoms with Gasteiger partial charge >= 0.3 is 0 Å². The minimum atomic E-state index is -0.750. The SMILES string of the molecule is CCCc1cc2c(c(=O)n1CC)C(c1cccc(F)c1)C(C#N)=C(N)O2. The number of benzene rings is 1. The van der Waals surface area contributed by atoms with Crippen LogP contribution < -0.4 is 16.0 Å². The molecule has 5 nitrogen and oxygen atoms in total. The number of pyridine rings is 1. The van der Waals surface area contributed by atoms with Gasteiger partial charge in [-0.3, -0.25) is 4.79 Å². The molecule has 134 valence electrons. The summed E-state index contributed by atoms with van der Waals surface area (Å²) in [6, 6.07) is 9.70. The highest BCUT2D eigenvalue weighted by Crippen LogP contribution is 2.40. The van der Waals surface area contributed by atoms with E-state index in [0.29, 0.717) is 23.4 Å². The van der Waals surface area contributed by atoms with Gasteiger partial charge in [-0.05, 0) is 31.0 Å². The molecule has 0 fully saturated rings. The Morgan fingerprint density at radius 1 is 1.35 bits per heavy atom. The lowest BCUT2D eigenvalue weighted by Crippen LogP contribution is -2.33. The van der Waals surface area contributed by atoms with E-state index in [1.165, 1.54) is 12.1 Å². The lowest BCUT2D eigenvalue weighted by molar-refractivity contribution is 0.388. The zero-order chi connectivity index (χ0) is 18.8. The molecule has 3 rings (SSSR count). The van der Waals surface area contributed by atoms with Crippen molar-refractivity contribution < 1.29 is 9.13 Å². The molecule has 2 heterocycles. The number of aryl methyl sites for hydroxylation is 1. The fourth-order valence-corrected chi connectivity index (χ4v) is 3.45. The van der Waals surface area contributed by atoms with Crippen LogP contribution in [0, 0.1) is 17.1 Å². The number of halogens is 1. The number of nitrogens with zero attached hydrogens (tertiary/aromatic N) is 2. The van der Waals surface area contributed by atoms with Gasteiger partial charge in [-0.15, -0.1) is 0 Å². The van der Waals surface area contributed by atoms with Crippen LogP contribution in [0.25, 0.3) is 0 Å². The first kappa shape index (κ1) is 17.7. The molecule has 1 aliphatic rings. The molecule has 0 aliphatic carbocycles. The second-order valence-electron chi connectivity index (χ2n) is 6.19. The van der Waals surface area contributed by atoms with Gasteiger partial charge < -0.3 is 15.0 Å². The molecule has 1 atom stereocenters. The minimum Gasteiger partial charge on any atom is -0.440 e. The van der Waals surface area contributed by atoms with Gasteiger partial charge in [0.1, 0.15) is 23.2 Å². The van der Waals surface area contributed by atoms with Crippen LogP contribution in [-0.2, 0) is 13.0 Å². The number of nitrogens with two attached hydrogens (primary N) is 1. The van der Waals surface area contributed by atoms with E-state index in [1.807, 2.05) is 19.9 Å². The third-order valence-electron chi connectivity index (χ3n) is 4.57. The molecule has 0 amide bonds.